The number of thiophene rings is 1. The molecule has 0 amide bonds. The minimum absolute atomic E-state index is 0.186. The van der Waals surface area contributed by atoms with Crippen LogP contribution in [-0.2, 0) is 19.3 Å². The number of carbonyl (C=O) groups is 1. The lowest BCUT2D eigenvalue weighted by Crippen LogP contribution is -2.09. The molecular weight excluding hydrogens is 252 g/mol. The summed E-state index contributed by atoms with van der Waals surface area (Å²) in [6.07, 6.45) is 2.84. The molecule has 0 spiro atoms. The van der Waals surface area contributed by atoms with Crippen LogP contribution in [0, 0.1) is 0 Å². The van der Waals surface area contributed by atoms with Gasteiger partial charge in [0.2, 0.25) is 5.78 Å². The Hall–Kier alpha value is -1.41. The molecule has 0 unspecified atom stereocenters. The normalized spacial score (nSPS) is 10.7. The Morgan fingerprint density at radius 2 is 1.68 bits per heavy atom. The van der Waals surface area contributed by atoms with Crippen LogP contribution in [0.15, 0.2) is 29.6 Å². The fraction of sp³-hybridized carbons (Fsp3) is 0.353. The number of carbonyl (C=O) groups excluding carboxylic acids is 1. The first kappa shape index (κ1) is 14.0. The molecule has 2 aromatic rings. The number of ketones is 1. The van der Waals surface area contributed by atoms with E-state index in [1.165, 1.54) is 28.0 Å². The molecule has 1 aromatic heterocycles. The van der Waals surface area contributed by atoms with Crippen molar-refractivity contribution in [2.75, 3.05) is 0 Å². The highest BCUT2D eigenvalue weighted by Crippen LogP contribution is 2.25. The number of aryl methyl sites for hydroxylation is 3. The van der Waals surface area contributed by atoms with Crippen molar-refractivity contribution in [2.24, 2.45) is 0 Å². The molecule has 19 heavy (non-hydrogen) atoms. The molecule has 0 atom stereocenters. The molecule has 1 aromatic carbocycles. The van der Waals surface area contributed by atoms with Gasteiger partial charge in [0.25, 0.3) is 0 Å². The van der Waals surface area contributed by atoms with Gasteiger partial charge in [0.1, 0.15) is 0 Å². The Kier molecular flexibility index (Phi) is 4.54. The van der Waals surface area contributed by atoms with Gasteiger partial charge in [-0.2, -0.15) is 0 Å². The summed E-state index contributed by atoms with van der Waals surface area (Å²) in [5.41, 5.74) is 4.64. The summed E-state index contributed by atoms with van der Waals surface area (Å²) in [7, 11) is 0. The second-order valence-electron chi connectivity index (χ2n) is 4.66. The van der Waals surface area contributed by atoms with Crippen LogP contribution >= 0.6 is 11.3 Å². The molecular formula is C17H20OS. The maximum Gasteiger partial charge on any atom is 0.203 e. The SMILES string of the molecule is CCc1cc(CC)c(C(=O)c2cccs2)c(CC)c1. The van der Waals surface area contributed by atoms with Crippen molar-refractivity contribution in [1.82, 2.24) is 0 Å². The van der Waals surface area contributed by atoms with E-state index in [4.69, 9.17) is 0 Å². The van der Waals surface area contributed by atoms with Crippen molar-refractivity contribution in [1.29, 1.82) is 0 Å². The summed E-state index contributed by atoms with van der Waals surface area (Å²) in [6, 6.07) is 8.25. The molecule has 0 aliphatic rings. The lowest BCUT2D eigenvalue weighted by Gasteiger charge is -2.14. The van der Waals surface area contributed by atoms with Crippen LogP contribution in [0.5, 0.6) is 0 Å². The molecule has 100 valence electrons. The fourth-order valence-electron chi connectivity index (χ4n) is 2.42. The number of hydrogen-bond donors (Lipinski definition) is 0. The first-order valence-electron chi connectivity index (χ1n) is 6.94. The van der Waals surface area contributed by atoms with Crippen molar-refractivity contribution < 1.29 is 4.79 Å². The van der Waals surface area contributed by atoms with E-state index >= 15 is 0 Å². The zero-order chi connectivity index (χ0) is 13.8. The summed E-state index contributed by atoms with van der Waals surface area (Å²) in [6.45, 7) is 6.41. The average molecular weight is 272 g/mol. The van der Waals surface area contributed by atoms with Gasteiger partial charge in [-0.1, -0.05) is 39.0 Å². The van der Waals surface area contributed by atoms with E-state index in [2.05, 4.69) is 32.9 Å². The minimum atomic E-state index is 0.186. The molecule has 0 aliphatic carbocycles. The van der Waals surface area contributed by atoms with Crippen LogP contribution < -0.4 is 0 Å². The molecule has 1 heterocycles. The van der Waals surface area contributed by atoms with E-state index in [0.29, 0.717) is 0 Å². The second kappa shape index (κ2) is 6.16. The Morgan fingerprint density at radius 1 is 1.05 bits per heavy atom. The first-order valence-corrected chi connectivity index (χ1v) is 7.82. The molecule has 0 aliphatic heterocycles. The molecule has 0 fully saturated rings. The van der Waals surface area contributed by atoms with Crippen LogP contribution in [-0.4, -0.2) is 5.78 Å². The van der Waals surface area contributed by atoms with Crippen LogP contribution in [0.25, 0.3) is 0 Å². The summed E-state index contributed by atoms with van der Waals surface area (Å²) < 4.78 is 0. The third-order valence-electron chi connectivity index (χ3n) is 3.50. The lowest BCUT2D eigenvalue weighted by atomic mass is 9.91. The van der Waals surface area contributed by atoms with Gasteiger partial charge >= 0.3 is 0 Å². The van der Waals surface area contributed by atoms with Gasteiger partial charge in [-0.15, -0.1) is 11.3 Å². The van der Waals surface area contributed by atoms with E-state index in [1.807, 2.05) is 17.5 Å². The van der Waals surface area contributed by atoms with E-state index < -0.39 is 0 Å². The average Bonchev–Trinajstić information content (AvgIpc) is 2.99. The predicted molar refractivity (Wildman–Crippen MR) is 82.3 cm³/mol. The smallest absolute Gasteiger partial charge is 0.203 e. The Morgan fingerprint density at radius 3 is 2.11 bits per heavy atom. The lowest BCUT2D eigenvalue weighted by molar-refractivity contribution is 0.104. The van der Waals surface area contributed by atoms with Crippen molar-refractivity contribution in [2.45, 2.75) is 40.0 Å². The van der Waals surface area contributed by atoms with Crippen LogP contribution in [0.2, 0.25) is 0 Å². The predicted octanol–water partition coefficient (Wildman–Crippen LogP) is 4.67. The van der Waals surface area contributed by atoms with E-state index in [1.54, 1.807) is 0 Å². The first-order chi connectivity index (χ1) is 9.21. The van der Waals surface area contributed by atoms with Gasteiger partial charge in [0.15, 0.2) is 0 Å². The number of benzene rings is 1. The quantitative estimate of drug-likeness (QED) is 0.723. The molecule has 0 bridgehead atoms. The van der Waals surface area contributed by atoms with Gasteiger partial charge in [-0.05, 0) is 47.4 Å². The third-order valence-corrected chi connectivity index (χ3v) is 4.37. The van der Waals surface area contributed by atoms with Crippen LogP contribution in [0.3, 0.4) is 0 Å². The number of hydrogen-bond acceptors (Lipinski definition) is 2. The summed E-state index contributed by atoms with van der Waals surface area (Å²) >= 11 is 1.52. The standard InChI is InChI=1S/C17H20OS/c1-4-12-10-13(5-2)16(14(6-3)11-12)17(18)15-8-7-9-19-15/h7-11H,4-6H2,1-3H3. The maximum absolute atomic E-state index is 12.7. The summed E-state index contributed by atoms with van der Waals surface area (Å²) in [5, 5.41) is 1.96. The topological polar surface area (TPSA) is 17.1 Å². The van der Waals surface area contributed by atoms with Crippen molar-refractivity contribution in [3.05, 3.63) is 56.8 Å². The highest BCUT2D eigenvalue weighted by molar-refractivity contribution is 7.12. The minimum Gasteiger partial charge on any atom is -0.288 e. The molecule has 0 saturated carbocycles. The van der Waals surface area contributed by atoms with Crippen molar-refractivity contribution >= 4 is 17.1 Å². The van der Waals surface area contributed by atoms with Crippen LogP contribution in [0.4, 0.5) is 0 Å². The van der Waals surface area contributed by atoms with Gasteiger partial charge in [-0.25, -0.2) is 0 Å². The largest absolute Gasteiger partial charge is 0.288 e. The highest BCUT2D eigenvalue weighted by Gasteiger charge is 2.18. The molecule has 0 N–H and O–H groups in total. The Balaban J connectivity index is 2.57. The van der Waals surface area contributed by atoms with E-state index in [9.17, 15) is 4.79 Å². The fourth-order valence-corrected chi connectivity index (χ4v) is 3.09. The molecule has 0 radical (unpaired) electrons. The molecule has 2 rings (SSSR count). The van der Waals surface area contributed by atoms with Gasteiger partial charge in [0.05, 0.1) is 4.88 Å². The van der Waals surface area contributed by atoms with Crippen molar-refractivity contribution in [3.63, 3.8) is 0 Å². The third kappa shape index (κ3) is 2.79. The highest BCUT2D eigenvalue weighted by atomic mass is 32.1. The van der Waals surface area contributed by atoms with Gasteiger partial charge < -0.3 is 0 Å². The van der Waals surface area contributed by atoms with Crippen LogP contribution in [0.1, 0.15) is 52.7 Å². The van der Waals surface area contributed by atoms with E-state index in [-0.39, 0.29) is 5.78 Å². The Labute approximate surface area is 119 Å². The van der Waals surface area contributed by atoms with E-state index in [0.717, 1.165) is 29.7 Å². The Bertz CT molecular complexity index is 542. The van der Waals surface area contributed by atoms with Gasteiger partial charge in [-0.3, -0.25) is 4.79 Å². The summed E-state index contributed by atoms with van der Waals surface area (Å²) in [4.78, 5) is 13.5. The maximum atomic E-state index is 12.7. The second-order valence-corrected chi connectivity index (χ2v) is 5.60. The summed E-state index contributed by atoms with van der Waals surface area (Å²) in [5.74, 6) is 0.186. The molecule has 0 saturated heterocycles. The van der Waals surface area contributed by atoms with Crippen molar-refractivity contribution in [3.8, 4) is 0 Å². The number of rotatable bonds is 5. The zero-order valence-electron chi connectivity index (χ0n) is 11.8. The molecule has 2 heteroatoms. The van der Waals surface area contributed by atoms with Gasteiger partial charge in [0, 0.05) is 5.56 Å². The monoisotopic (exact) mass is 272 g/mol. The molecule has 1 nitrogen and oxygen atoms in total. The zero-order valence-corrected chi connectivity index (χ0v) is 12.6.